The monoisotopic (exact) mass is 299 g/mol. The van der Waals surface area contributed by atoms with Crippen LogP contribution in [-0.2, 0) is 7.05 Å². The largest absolute Gasteiger partial charge is 0.509 e. The predicted octanol–water partition coefficient (Wildman–Crippen LogP) is -1.32. The molecular formula is C14H15B2NO5. The van der Waals surface area contributed by atoms with Gasteiger partial charge in [0.15, 0.2) is 11.5 Å². The van der Waals surface area contributed by atoms with Crippen LogP contribution >= 0.6 is 0 Å². The number of nitrogens with zero attached hydrogens (tertiary/aromatic N) is 1. The van der Waals surface area contributed by atoms with Crippen molar-refractivity contribution in [1.82, 2.24) is 4.57 Å². The van der Waals surface area contributed by atoms with Crippen molar-refractivity contribution in [2.75, 3.05) is 0 Å². The highest BCUT2D eigenvalue weighted by molar-refractivity contribution is 6.49. The van der Waals surface area contributed by atoms with Crippen molar-refractivity contribution < 1.29 is 25.5 Å². The topological polar surface area (TPSA) is 106 Å². The first-order chi connectivity index (χ1) is 10.2. The van der Waals surface area contributed by atoms with Crippen LogP contribution in [0.4, 0.5) is 0 Å². The van der Waals surface area contributed by atoms with Crippen LogP contribution in [-0.4, -0.2) is 45.8 Å². The van der Waals surface area contributed by atoms with Crippen LogP contribution in [0.1, 0.15) is 5.56 Å². The van der Waals surface area contributed by atoms with Crippen molar-refractivity contribution in [3.63, 3.8) is 0 Å². The second-order valence-corrected chi connectivity index (χ2v) is 5.62. The maximum Gasteiger partial charge on any atom is 0.168 e. The molecule has 0 radical (unpaired) electrons. The molecule has 1 aromatic heterocycles. The summed E-state index contributed by atoms with van der Waals surface area (Å²) in [5.41, 5.74) is 1.70. The Balaban J connectivity index is 2.81. The second kappa shape index (κ2) is 4.19. The number of aryl methyl sites for hydroxylation is 1. The fraction of sp³-hybridized carbons (Fsp3) is 0.143. The lowest BCUT2D eigenvalue weighted by Crippen LogP contribution is -2.18. The Hall–Kier alpha value is -2.63. The fourth-order valence-corrected chi connectivity index (χ4v) is 3.14. The molecule has 2 aromatic carbocycles. The maximum atomic E-state index is 10.4. The zero-order chi connectivity index (χ0) is 16.5. The summed E-state index contributed by atoms with van der Waals surface area (Å²) in [6.45, 7) is 1.48. The molecule has 0 saturated carbocycles. The van der Waals surface area contributed by atoms with Crippen LogP contribution in [0, 0.1) is 6.92 Å². The van der Waals surface area contributed by atoms with Gasteiger partial charge in [0.05, 0.1) is 16.3 Å². The molecule has 0 unspecified atom stereocenters. The molecule has 0 aliphatic carbocycles. The van der Waals surface area contributed by atoms with Gasteiger partial charge >= 0.3 is 0 Å². The molecule has 0 bridgehead atoms. The third-order valence-corrected chi connectivity index (χ3v) is 4.45. The highest BCUT2D eigenvalue weighted by Gasteiger charge is 2.26. The number of benzene rings is 2. The fourth-order valence-electron chi connectivity index (χ4n) is 3.14. The van der Waals surface area contributed by atoms with Crippen molar-refractivity contribution in [2.24, 2.45) is 7.05 Å². The average molecular weight is 299 g/mol. The number of rotatable bonds is 0. The number of hydrogen-bond donors (Lipinski definition) is 5. The van der Waals surface area contributed by atoms with Gasteiger partial charge in [-0.2, -0.15) is 0 Å². The van der Waals surface area contributed by atoms with Crippen LogP contribution in [0.2, 0.25) is 0 Å². The Morgan fingerprint density at radius 1 is 0.682 bits per heavy atom. The molecule has 112 valence electrons. The van der Waals surface area contributed by atoms with E-state index in [1.165, 1.54) is 6.92 Å². The van der Waals surface area contributed by atoms with Gasteiger partial charge in [0.1, 0.15) is 32.9 Å². The first-order valence-corrected chi connectivity index (χ1v) is 6.76. The normalized spacial score (nSPS) is 11.5. The predicted molar refractivity (Wildman–Crippen MR) is 89.8 cm³/mol. The number of phenolic OH excluding ortho intramolecular Hbond substituents is 5. The van der Waals surface area contributed by atoms with E-state index < -0.39 is 11.5 Å². The third kappa shape index (κ3) is 1.41. The molecule has 3 rings (SSSR count). The number of hydrogen-bond acceptors (Lipinski definition) is 5. The molecule has 5 N–H and O–H groups in total. The van der Waals surface area contributed by atoms with Crippen LogP contribution in [0.5, 0.6) is 28.7 Å². The molecular weight excluding hydrogens is 284 g/mol. The summed E-state index contributed by atoms with van der Waals surface area (Å²) in [4.78, 5) is 0. The zero-order valence-corrected chi connectivity index (χ0v) is 12.7. The van der Waals surface area contributed by atoms with Crippen LogP contribution in [0.25, 0.3) is 21.8 Å². The zero-order valence-electron chi connectivity index (χ0n) is 12.7. The van der Waals surface area contributed by atoms with E-state index in [-0.39, 0.29) is 44.6 Å². The molecule has 0 saturated heterocycles. The van der Waals surface area contributed by atoms with Crippen molar-refractivity contribution >= 4 is 48.4 Å². The minimum atomic E-state index is -0.430. The highest BCUT2D eigenvalue weighted by atomic mass is 16.3. The average Bonchev–Trinajstić information content (AvgIpc) is 2.80. The van der Waals surface area contributed by atoms with Crippen LogP contribution in [0.15, 0.2) is 0 Å². The minimum Gasteiger partial charge on any atom is -0.509 e. The first kappa shape index (κ1) is 14.3. The minimum absolute atomic E-state index is 0.0455. The van der Waals surface area contributed by atoms with Crippen molar-refractivity contribution in [1.29, 1.82) is 0 Å². The van der Waals surface area contributed by atoms with E-state index in [2.05, 4.69) is 0 Å². The Kier molecular flexibility index (Phi) is 2.73. The van der Waals surface area contributed by atoms with E-state index in [9.17, 15) is 25.5 Å². The molecule has 0 aliphatic heterocycles. The third-order valence-electron chi connectivity index (χ3n) is 4.45. The molecule has 6 nitrogen and oxygen atoms in total. The molecule has 3 aromatic rings. The van der Waals surface area contributed by atoms with Gasteiger partial charge < -0.3 is 30.1 Å². The molecule has 0 aliphatic rings. The van der Waals surface area contributed by atoms with Crippen molar-refractivity contribution in [3.8, 4) is 28.7 Å². The van der Waals surface area contributed by atoms with Gasteiger partial charge in [-0.3, -0.25) is 0 Å². The Morgan fingerprint density at radius 2 is 1.23 bits per heavy atom. The van der Waals surface area contributed by atoms with Gasteiger partial charge in [-0.15, -0.1) is 0 Å². The van der Waals surface area contributed by atoms with Crippen LogP contribution < -0.4 is 10.9 Å². The van der Waals surface area contributed by atoms with Gasteiger partial charge in [0.2, 0.25) is 0 Å². The summed E-state index contributed by atoms with van der Waals surface area (Å²) in [5, 5.41) is 51.6. The first-order valence-electron chi connectivity index (χ1n) is 6.76. The summed E-state index contributed by atoms with van der Waals surface area (Å²) in [7, 11) is 4.90. The van der Waals surface area contributed by atoms with Gasteiger partial charge in [0.25, 0.3) is 0 Å². The van der Waals surface area contributed by atoms with E-state index in [1.807, 2.05) is 0 Å². The summed E-state index contributed by atoms with van der Waals surface area (Å²) in [6.07, 6.45) is 0. The lowest BCUT2D eigenvalue weighted by atomic mass is 9.82. The highest BCUT2D eigenvalue weighted by Crippen LogP contribution is 2.48. The summed E-state index contributed by atoms with van der Waals surface area (Å²) >= 11 is 0. The molecule has 8 heteroatoms. The summed E-state index contributed by atoms with van der Waals surface area (Å²) in [6, 6.07) is 0. The molecule has 0 amide bonds. The molecule has 0 atom stereocenters. The lowest BCUT2D eigenvalue weighted by Gasteiger charge is -2.10. The Morgan fingerprint density at radius 3 is 1.82 bits per heavy atom. The number of aromatic nitrogens is 1. The van der Waals surface area contributed by atoms with Crippen LogP contribution in [0.3, 0.4) is 0 Å². The maximum absolute atomic E-state index is 10.4. The van der Waals surface area contributed by atoms with E-state index in [0.29, 0.717) is 11.0 Å². The molecule has 1 heterocycles. The number of phenols is 5. The number of fused-ring (bicyclic) bond motifs is 3. The quantitative estimate of drug-likeness (QED) is 0.201. The van der Waals surface area contributed by atoms with E-state index >= 15 is 0 Å². The van der Waals surface area contributed by atoms with Gasteiger partial charge in [0, 0.05) is 18.1 Å². The Bertz CT molecular complexity index is 900. The standard InChI is InChI=1S/C14H15B2NO5/c1-3-10(18)9-5(13(21)11(3)19)4-8(17(9)2)6(15)14(22)7(16)12(4)20/h18-22H,15-16H2,1-2H3. The molecule has 0 fully saturated rings. The SMILES string of the molecule is Bc1c(O)c(B)c2c(c1O)c1c(O)c(O)c(C)c(O)c1n2C. The van der Waals surface area contributed by atoms with Crippen molar-refractivity contribution in [2.45, 2.75) is 6.92 Å². The van der Waals surface area contributed by atoms with E-state index in [1.54, 1.807) is 27.3 Å². The Labute approximate surface area is 127 Å². The molecule has 22 heavy (non-hydrogen) atoms. The van der Waals surface area contributed by atoms with Gasteiger partial charge in [-0.1, -0.05) is 0 Å². The molecule has 0 spiro atoms. The summed E-state index contributed by atoms with van der Waals surface area (Å²) < 4.78 is 1.58. The number of aromatic hydroxyl groups is 5. The lowest BCUT2D eigenvalue weighted by molar-refractivity contribution is 0.398. The van der Waals surface area contributed by atoms with E-state index in [4.69, 9.17) is 0 Å². The second-order valence-electron chi connectivity index (χ2n) is 5.62. The van der Waals surface area contributed by atoms with Crippen molar-refractivity contribution in [3.05, 3.63) is 5.56 Å². The summed E-state index contributed by atoms with van der Waals surface area (Å²) in [5.74, 6) is -1.26. The van der Waals surface area contributed by atoms with E-state index in [0.717, 1.165) is 0 Å². The smallest absolute Gasteiger partial charge is 0.168 e. The van der Waals surface area contributed by atoms with Gasteiger partial charge in [-0.25, -0.2) is 0 Å². The van der Waals surface area contributed by atoms with Gasteiger partial charge in [-0.05, 0) is 17.8 Å².